The molecule has 0 radical (unpaired) electrons. The maximum absolute atomic E-state index is 14.4. The van der Waals surface area contributed by atoms with Crippen molar-refractivity contribution in [2.24, 2.45) is 16.6 Å². The third-order valence-corrected chi connectivity index (χ3v) is 17.5. The van der Waals surface area contributed by atoms with Crippen LogP contribution >= 0.6 is 0 Å². The van der Waals surface area contributed by atoms with Gasteiger partial charge in [0.25, 0.3) is 0 Å². The Balaban J connectivity index is 1.90. The van der Waals surface area contributed by atoms with Gasteiger partial charge < -0.3 is 127 Å². The Morgan fingerprint density at radius 1 is 0.495 bits per heavy atom. The number of rotatable bonds is 36. The van der Waals surface area contributed by atoms with Gasteiger partial charge in [0.2, 0.25) is 41.7 Å². The Bertz CT molecular complexity index is 2710. The van der Waals surface area contributed by atoms with Crippen LogP contribution in [0.5, 0.6) is 0 Å². The van der Waals surface area contributed by atoms with E-state index < -0.39 is 197 Å². The molecule has 0 bridgehead atoms. The van der Waals surface area contributed by atoms with E-state index in [2.05, 4.69) is 43.8 Å². The standard InChI is InChI=1S/C66H120N8O23/c1-34(52(87)73-60(11,12)30-63(17,18)96-54-44(71-38(5)79)50(85)47(82)41(26-76)94-54)23-24-66(68-22,32-90-61(13,14)28-58(7,8)56(88)69-35(2)36(3)92-53-43(70-37(4)78)49(84)46(81)40(25-75)93-53)33-91-62(15,16)29-59(9,10)57(89)74-65(21,67)31-64(19,20)97-55-45(72-39(6)80)51(86)48(83)42(27-77)95-55/h40-51,53-55,68,75-77,81-86H,1,23-33,67H2,2-22H3,(H,69,88)(H,70,78)(H,71,79)(H,72,80)(H,73,87)(H,74,89)/b36-35-. The summed E-state index contributed by atoms with van der Waals surface area (Å²) in [5.74, 6) is -2.85. The lowest BCUT2D eigenvalue weighted by Crippen LogP contribution is -2.66. The van der Waals surface area contributed by atoms with Crippen molar-refractivity contribution in [1.29, 1.82) is 0 Å². The van der Waals surface area contributed by atoms with Crippen molar-refractivity contribution in [1.82, 2.24) is 37.2 Å². The highest BCUT2D eigenvalue weighted by molar-refractivity contribution is 5.93. The lowest BCUT2D eigenvalue weighted by molar-refractivity contribution is -0.297. The van der Waals surface area contributed by atoms with E-state index in [0.29, 0.717) is 0 Å². The van der Waals surface area contributed by atoms with E-state index in [0.717, 1.165) is 0 Å². The monoisotopic (exact) mass is 1390 g/mol. The largest absolute Gasteiger partial charge is 0.465 e. The van der Waals surface area contributed by atoms with Gasteiger partial charge in [-0.1, -0.05) is 34.3 Å². The molecule has 3 heterocycles. The van der Waals surface area contributed by atoms with Crippen LogP contribution in [0.2, 0.25) is 0 Å². The van der Waals surface area contributed by atoms with Gasteiger partial charge in [-0.3, -0.25) is 28.8 Å². The normalized spacial score (nSPS) is 28.6. The molecule has 31 heteroatoms. The van der Waals surface area contributed by atoms with Crippen LogP contribution in [0, 0.1) is 10.8 Å². The summed E-state index contributed by atoms with van der Waals surface area (Å²) in [5, 5.41) is 114. The van der Waals surface area contributed by atoms with Crippen LogP contribution in [0.25, 0.3) is 0 Å². The topological polar surface area (TPSA) is 469 Å². The van der Waals surface area contributed by atoms with Gasteiger partial charge in [-0.25, -0.2) is 0 Å². The second-order valence-corrected chi connectivity index (χ2v) is 31.2. The van der Waals surface area contributed by atoms with Crippen LogP contribution in [0.1, 0.15) is 177 Å². The number of nitrogens with one attached hydrogen (secondary N) is 7. The summed E-state index contributed by atoms with van der Waals surface area (Å²) in [4.78, 5) is 79.2. The average Bonchev–Trinajstić information content (AvgIpc) is 0.807. The molecule has 0 saturated carbocycles. The number of hydrogen-bond acceptors (Lipinski definition) is 25. The molecular weight excluding hydrogens is 1270 g/mol. The Morgan fingerprint density at radius 2 is 0.856 bits per heavy atom. The minimum absolute atomic E-state index is 0.0362. The molecule has 3 fully saturated rings. The van der Waals surface area contributed by atoms with E-state index in [1.54, 1.807) is 90.1 Å². The van der Waals surface area contributed by atoms with Crippen molar-refractivity contribution >= 4 is 35.4 Å². The molecule has 562 valence electrons. The molecule has 3 aliphatic rings. The minimum Gasteiger partial charge on any atom is -0.465 e. The Kier molecular flexibility index (Phi) is 30.7. The first-order valence-electron chi connectivity index (χ1n) is 32.9. The number of hydrogen-bond donors (Lipinski definition) is 17. The molecule has 17 unspecified atom stereocenters. The first-order chi connectivity index (χ1) is 44.1. The molecule has 17 atom stereocenters. The summed E-state index contributed by atoms with van der Waals surface area (Å²) in [7, 11) is 1.71. The fourth-order valence-electron chi connectivity index (χ4n) is 13.0. The van der Waals surface area contributed by atoms with Gasteiger partial charge in [0.05, 0.1) is 72.3 Å². The number of aliphatic hydroxyl groups excluding tert-OH is 9. The second kappa shape index (κ2) is 34.4. The molecule has 3 rings (SSSR count). The molecule has 0 aromatic heterocycles. The maximum atomic E-state index is 14.4. The molecule has 0 spiro atoms. The molecule has 3 saturated heterocycles. The van der Waals surface area contributed by atoms with Crippen LogP contribution < -0.4 is 43.0 Å². The van der Waals surface area contributed by atoms with Crippen molar-refractivity contribution in [3.8, 4) is 0 Å². The number of amides is 6. The van der Waals surface area contributed by atoms with Gasteiger partial charge in [0.15, 0.2) is 12.6 Å². The molecular formula is C66H120N8O23. The molecule has 0 aromatic rings. The fraction of sp³-hybridized carbons (Fsp3) is 0.848. The third-order valence-electron chi connectivity index (χ3n) is 17.5. The summed E-state index contributed by atoms with van der Waals surface area (Å²) >= 11 is 0. The summed E-state index contributed by atoms with van der Waals surface area (Å²) in [6.07, 6.45) is -16.4. The van der Waals surface area contributed by atoms with Gasteiger partial charge in [0, 0.05) is 49.1 Å². The molecule has 31 nitrogen and oxygen atoms in total. The quantitative estimate of drug-likeness (QED) is 0.0203. The van der Waals surface area contributed by atoms with Crippen LogP contribution in [0.3, 0.4) is 0 Å². The molecule has 6 amide bonds. The predicted octanol–water partition coefficient (Wildman–Crippen LogP) is -1.02. The van der Waals surface area contributed by atoms with Gasteiger partial charge >= 0.3 is 0 Å². The van der Waals surface area contributed by atoms with Crippen molar-refractivity contribution in [3.63, 3.8) is 0 Å². The maximum Gasteiger partial charge on any atom is 0.247 e. The van der Waals surface area contributed by atoms with Gasteiger partial charge in [-0.05, 0) is 129 Å². The van der Waals surface area contributed by atoms with E-state index in [1.165, 1.54) is 27.7 Å². The molecule has 3 aliphatic heterocycles. The van der Waals surface area contributed by atoms with Gasteiger partial charge in [-0.2, -0.15) is 0 Å². The van der Waals surface area contributed by atoms with E-state index in [1.807, 2.05) is 27.7 Å². The summed E-state index contributed by atoms with van der Waals surface area (Å²) in [6.45, 7) is 34.9. The number of aliphatic hydroxyl groups is 9. The first kappa shape index (κ1) is 86.6. The smallest absolute Gasteiger partial charge is 0.247 e. The zero-order valence-electron chi connectivity index (χ0n) is 61.0. The predicted molar refractivity (Wildman–Crippen MR) is 353 cm³/mol. The lowest BCUT2D eigenvalue weighted by atomic mass is 9.80. The SMILES string of the molecule is C=C(CCC(COC(C)(C)CC(C)(C)C(=O)N/C(C)=C(/C)OC1OC(CO)C(O)C(O)C1NC(C)=O)(COC(C)(C)CC(C)(C)C(=O)NC(C)(N)CC(C)(C)OC1OC(CO)C(O)C(O)C1NC(C)=O)NC)C(=O)NC(C)(C)CC(C)(C)OC1OC(CO)C(O)C(O)C1NC(C)=O. The fourth-order valence-corrected chi connectivity index (χ4v) is 13.0. The van der Waals surface area contributed by atoms with Crippen LogP contribution in [-0.2, 0) is 66.7 Å². The molecule has 18 N–H and O–H groups in total. The highest BCUT2D eigenvalue weighted by atomic mass is 16.7. The van der Waals surface area contributed by atoms with Crippen molar-refractivity contribution < 1.29 is 113 Å². The summed E-state index contributed by atoms with van der Waals surface area (Å²) in [5.41, 5.74) is -3.05. The van der Waals surface area contributed by atoms with E-state index in [4.69, 9.17) is 43.6 Å². The van der Waals surface area contributed by atoms with Gasteiger partial charge in [-0.15, -0.1) is 0 Å². The van der Waals surface area contributed by atoms with E-state index in [-0.39, 0.29) is 68.8 Å². The van der Waals surface area contributed by atoms with E-state index >= 15 is 0 Å². The van der Waals surface area contributed by atoms with Crippen molar-refractivity contribution in [2.75, 3.05) is 40.1 Å². The minimum atomic E-state index is -1.57. The second-order valence-electron chi connectivity index (χ2n) is 31.2. The highest BCUT2D eigenvalue weighted by Gasteiger charge is 2.52. The third kappa shape index (κ3) is 25.7. The number of carbonyl (C=O) groups is 6. The lowest BCUT2D eigenvalue weighted by Gasteiger charge is -2.46. The molecule has 0 aromatic carbocycles. The van der Waals surface area contributed by atoms with Crippen LogP contribution in [0.4, 0.5) is 0 Å². The Labute approximate surface area is 571 Å². The van der Waals surface area contributed by atoms with Crippen LogP contribution in [-0.4, -0.2) is 253 Å². The first-order valence-corrected chi connectivity index (χ1v) is 32.9. The Morgan fingerprint density at radius 3 is 1.23 bits per heavy atom. The zero-order chi connectivity index (χ0) is 74.7. The number of likely N-dealkylation sites (N-methyl/N-ethyl adjacent to an activating group) is 1. The van der Waals surface area contributed by atoms with Crippen molar-refractivity contribution in [2.45, 2.75) is 308 Å². The van der Waals surface area contributed by atoms with E-state index in [9.17, 15) is 74.7 Å². The summed E-state index contributed by atoms with van der Waals surface area (Å²) in [6, 6.07) is -3.67. The number of nitrogens with two attached hydrogens (primary N) is 1. The highest BCUT2D eigenvalue weighted by Crippen LogP contribution is 2.38. The summed E-state index contributed by atoms with van der Waals surface area (Å²) < 4.78 is 49.6. The molecule has 0 aliphatic carbocycles. The van der Waals surface area contributed by atoms with Crippen molar-refractivity contribution in [3.05, 3.63) is 23.6 Å². The van der Waals surface area contributed by atoms with Gasteiger partial charge in [0.1, 0.15) is 78.8 Å². The number of ether oxygens (including phenoxy) is 8. The zero-order valence-corrected chi connectivity index (χ0v) is 61.0. The average molecular weight is 1390 g/mol. The Hall–Kier alpha value is -4.62. The number of carbonyl (C=O) groups excluding carboxylic acids is 6. The number of allylic oxidation sites excluding steroid dienone is 2. The van der Waals surface area contributed by atoms with Crippen LogP contribution in [0.15, 0.2) is 23.6 Å². The molecule has 97 heavy (non-hydrogen) atoms.